The van der Waals surface area contributed by atoms with Crippen LogP contribution in [0.1, 0.15) is 19.8 Å². The third kappa shape index (κ3) is 4.59. The van der Waals surface area contributed by atoms with E-state index in [1.165, 1.54) is 14.0 Å². The molecule has 76 valence electrons. The highest BCUT2D eigenvalue weighted by Crippen LogP contribution is 1.98. The highest BCUT2D eigenvalue weighted by Gasteiger charge is 2.16. The lowest BCUT2D eigenvalue weighted by Gasteiger charge is -2.14. The van der Waals surface area contributed by atoms with Gasteiger partial charge in [-0.15, -0.1) is 0 Å². The van der Waals surface area contributed by atoms with Crippen LogP contribution in [0.15, 0.2) is 0 Å². The van der Waals surface area contributed by atoms with Gasteiger partial charge in [0.1, 0.15) is 0 Å². The Morgan fingerprint density at radius 3 is 2.46 bits per heavy atom. The molecule has 0 aliphatic carbocycles. The Balaban J connectivity index is 3.85. The zero-order chi connectivity index (χ0) is 10.3. The zero-order valence-corrected chi connectivity index (χ0v) is 8.29. The van der Waals surface area contributed by atoms with Crippen LogP contribution in [0.3, 0.4) is 0 Å². The molecule has 5 nitrogen and oxygen atoms in total. The summed E-state index contributed by atoms with van der Waals surface area (Å²) in [5.74, 6) is -0.692. The van der Waals surface area contributed by atoms with E-state index < -0.39 is 5.91 Å². The van der Waals surface area contributed by atoms with E-state index >= 15 is 0 Å². The Kier molecular flexibility index (Phi) is 6.09. The Morgan fingerprint density at radius 2 is 2.08 bits per heavy atom. The number of amides is 2. The van der Waals surface area contributed by atoms with Gasteiger partial charge < -0.3 is 5.32 Å². The molecular formula is C8H16N2O3. The lowest BCUT2D eigenvalue weighted by atomic mass is 10.3. The zero-order valence-electron chi connectivity index (χ0n) is 8.29. The van der Waals surface area contributed by atoms with E-state index in [-0.39, 0.29) is 5.91 Å². The fourth-order valence-corrected chi connectivity index (χ4v) is 0.924. The average Bonchev–Trinajstić information content (AvgIpc) is 2.05. The summed E-state index contributed by atoms with van der Waals surface area (Å²) in [5, 5.41) is 3.69. The number of hydrogen-bond donors (Lipinski definition) is 1. The molecule has 0 fully saturated rings. The fraction of sp³-hybridized carbons (Fsp3) is 0.750. The van der Waals surface area contributed by atoms with Crippen LogP contribution in [0.5, 0.6) is 0 Å². The molecule has 0 rings (SSSR count). The molecule has 13 heavy (non-hydrogen) atoms. The van der Waals surface area contributed by atoms with Gasteiger partial charge in [0.15, 0.2) is 0 Å². The van der Waals surface area contributed by atoms with Crippen molar-refractivity contribution in [1.82, 2.24) is 10.4 Å². The monoisotopic (exact) mass is 188 g/mol. The lowest BCUT2D eigenvalue weighted by molar-refractivity contribution is -0.185. The minimum Gasteiger partial charge on any atom is -0.320 e. The van der Waals surface area contributed by atoms with E-state index in [0.717, 1.165) is 11.6 Å². The second kappa shape index (κ2) is 6.56. The number of nitrogens with one attached hydrogen (secondary N) is 1. The van der Waals surface area contributed by atoms with Crippen LogP contribution < -0.4 is 5.32 Å². The highest BCUT2D eigenvalue weighted by atomic mass is 16.7. The molecule has 0 heterocycles. The molecule has 0 spiro atoms. The summed E-state index contributed by atoms with van der Waals surface area (Å²) < 4.78 is 0. The normalized spacial score (nSPS) is 9.77. The van der Waals surface area contributed by atoms with Crippen molar-refractivity contribution in [3.05, 3.63) is 0 Å². The van der Waals surface area contributed by atoms with Crippen LogP contribution in [0.2, 0.25) is 0 Å². The number of hydrogen-bond acceptors (Lipinski definition) is 4. The van der Waals surface area contributed by atoms with Gasteiger partial charge in [0, 0.05) is 13.3 Å². The summed E-state index contributed by atoms with van der Waals surface area (Å²) in [6.07, 6.45) is 1.01. The van der Waals surface area contributed by atoms with Gasteiger partial charge in [-0.2, -0.15) is 5.06 Å². The van der Waals surface area contributed by atoms with E-state index in [1.807, 2.05) is 7.05 Å². The molecule has 0 radical (unpaired) electrons. The predicted molar refractivity (Wildman–Crippen MR) is 47.7 cm³/mol. The van der Waals surface area contributed by atoms with Gasteiger partial charge in [0.25, 0.3) is 5.91 Å². The second-order valence-electron chi connectivity index (χ2n) is 2.60. The number of imide groups is 1. The molecule has 0 aliphatic heterocycles. The first kappa shape index (κ1) is 12.1. The molecule has 0 aromatic carbocycles. The molecule has 0 saturated carbocycles. The highest BCUT2D eigenvalue weighted by molar-refractivity contribution is 5.92. The van der Waals surface area contributed by atoms with Crippen molar-refractivity contribution in [2.24, 2.45) is 0 Å². The van der Waals surface area contributed by atoms with E-state index in [0.29, 0.717) is 12.8 Å². The lowest BCUT2D eigenvalue weighted by Crippen LogP contribution is -2.34. The maximum absolute atomic E-state index is 11.2. The minimum atomic E-state index is -0.392. The quantitative estimate of drug-likeness (QED) is 0.484. The predicted octanol–water partition coefficient (Wildman–Crippen LogP) is -0.0775. The average molecular weight is 188 g/mol. The summed E-state index contributed by atoms with van der Waals surface area (Å²) in [7, 11) is 3.11. The van der Waals surface area contributed by atoms with Gasteiger partial charge in [-0.3, -0.25) is 14.4 Å². The Bertz CT molecular complexity index is 182. The summed E-state index contributed by atoms with van der Waals surface area (Å²) in [4.78, 5) is 26.7. The third-order valence-electron chi connectivity index (χ3n) is 1.51. The molecule has 0 atom stereocenters. The maximum atomic E-state index is 11.2. The first-order valence-electron chi connectivity index (χ1n) is 4.15. The van der Waals surface area contributed by atoms with Crippen LogP contribution in [-0.2, 0) is 14.4 Å². The third-order valence-corrected chi connectivity index (χ3v) is 1.51. The van der Waals surface area contributed by atoms with Crippen molar-refractivity contribution in [3.8, 4) is 0 Å². The van der Waals surface area contributed by atoms with E-state index in [4.69, 9.17) is 0 Å². The molecule has 2 amide bonds. The van der Waals surface area contributed by atoms with Gasteiger partial charge >= 0.3 is 0 Å². The van der Waals surface area contributed by atoms with Crippen molar-refractivity contribution >= 4 is 11.8 Å². The van der Waals surface area contributed by atoms with E-state index in [1.54, 1.807) is 0 Å². The molecule has 0 aromatic heterocycles. The van der Waals surface area contributed by atoms with Crippen LogP contribution in [0.25, 0.3) is 0 Å². The molecule has 5 heteroatoms. The van der Waals surface area contributed by atoms with Crippen LogP contribution in [-0.4, -0.2) is 37.6 Å². The fourth-order valence-electron chi connectivity index (χ4n) is 0.924. The molecular weight excluding hydrogens is 172 g/mol. The molecule has 0 saturated heterocycles. The number of rotatable bonds is 5. The van der Waals surface area contributed by atoms with E-state index in [9.17, 15) is 9.59 Å². The molecule has 1 N–H and O–H groups in total. The van der Waals surface area contributed by atoms with Crippen molar-refractivity contribution in [3.63, 3.8) is 0 Å². The van der Waals surface area contributed by atoms with Crippen molar-refractivity contribution in [1.29, 1.82) is 0 Å². The maximum Gasteiger partial charge on any atom is 0.253 e. The van der Waals surface area contributed by atoms with Crippen molar-refractivity contribution < 1.29 is 14.4 Å². The number of nitrogens with zero attached hydrogens (tertiary/aromatic N) is 1. The number of carbonyl (C=O) groups is 2. The largest absolute Gasteiger partial charge is 0.320 e. The number of carbonyl (C=O) groups excluding carboxylic acids is 2. The molecule has 0 aliphatic rings. The topological polar surface area (TPSA) is 58.6 Å². The summed E-state index contributed by atoms with van der Waals surface area (Å²) in [6.45, 7) is 2.04. The van der Waals surface area contributed by atoms with Crippen molar-refractivity contribution in [2.45, 2.75) is 19.8 Å². The van der Waals surface area contributed by atoms with Crippen LogP contribution >= 0.6 is 0 Å². The van der Waals surface area contributed by atoms with Gasteiger partial charge in [-0.05, 0) is 20.0 Å². The SMILES string of the molecule is CNCCCC(=O)N(OC)C(C)=O. The van der Waals surface area contributed by atoms with Gasteiger partial charge in [0.05, 0.1) is 7.11 Å². The number of hydroxylamine groups is 2. The second-order valence-corrected chi connectivity index (χ2v) is 2.60. The van der Waals surface area contributed by atoms with Crippen LogP contribution in [0, 0.1) is 0 Å². The minimum absolute atomic E-state index is 0.301. The Labute approximate surface area is 78.0 Å². The summed E-state index contributed by atoms with van der Waals surface area (Å²) in [5.41, 5.74) is 0. The molecule has 0 unspecified atom stereocenters. The first-order valence-corrected chi connectivity index (χ1v) is 4.15. The van der Waals surface area contributed by atoms with Crippen LogP contribution in [0.4, 0.5) is 0 Å². The Hall–Kier alpha value is -0.940. The van der Waals surface area contributed by atoms with E-state index in [2.05, 4.69) is 10.2 Å². The smallest absolute Gasteiger partial charge is 0.253 e. The molecule has 0 bridgehead atoms. The van der Waals surface area contributed by atoms with Gasteiger partial charge in [-0.1, -0.05) is 0 Å². The summed E-state index contributed by atoms with van der Waals surface area (Å²) >= 11 is 0. The Morgan fingerprint density at radius 1 is 1.46 bits per heavy atom. The van der Waals surface area contributed by atoms with Gasteiger partial charge in [-0.25, -0.2) is 0 Å². The summed E-state index contributed by atoms with van der Waals surface area (Å²) in [6, 6.07) is 0. The van der Waals surface area contributed by atoms with Gasteiger partial charge in [0.2, 0.25) is 5.91 Å². The first-order chi connectivity index (χ1) is 6.13. The van der Waals surface area contributed by atoms with Crippen molar-refractivity contribution in [2.75, 3.05) is 20.7 Å². The molecule has 0 aromatic rings. The standard InChI is InChI=1S/C8H16N2O3/c1-7(11)10(13-3)8(12)5-4-6-9-2/h9H,4-6H2,1-3H3.